The molecule has 0 radical (unpaired) electrons. The van der Waals surface area contributed by atoms with Gasteiger partial charge in [0.25, 0.3) is 12.0 Å². The summed E-state index contributed by atoms with van der Waals surface area (Å²) >= 11 is 0. The van der Waals surface area contributed by atoms with Crippen LogP contribution in [-0.2, 0) is 14.4 Å². The lowest BCUT2D eigenvalue weighted by Gasteiger charge is -2.47. The van der Waals surface area contributed by atoms with Crippen molar-refractivity contribution in [3.05, 3.63) is 34.2 Å². The van der Waals surface area contributed by atoms with Gasteiger partial charge in [-0.2, -0.15) is 0 Å². The van der Waals surface area contributed by atoms with Gasteiger partial charge in [-0.15, -0.1) is 0 Å². The maximum atomic E-state index is 13.2. The van der Waals surface area contributed by atoms with Crippen LogP contribution in [0.15, 0.2) is 23.0 Å². The van der Waals surface area contributed by atoms with E-state index in [0.29, 0.717) is 32.6 Å². The van der Waals surface area contributed by atoms with Crippen LogP contribution in [0.2, 0.25) is 0 Å². The highest BCUT2D eigenvalue weighted by Gasteiger charge is 2.44. The highest BCUT2D eigenvalue weighted by atomic mass is 16.3. The normalized spacial score (nSPS) is 25.8. The second-order valence-electron chi connectivity index (χ2n) is 8.39. The molecule has 4 N–H and O–H groups in total. The van der Waals surface area contributed by atoms with Crippen molar-refractivity contribution in [1.82, 2.24) is 19.7 Å². The van der Waals surface area contributed by atoms with E-state index in [9.17, 15) is 19.2 Å². The highest BCUT2D eigenvalue weighted by molar-refractivity contribution is 5.87. The van der Waals surface area contributed by atoms with Gasteiger partial charge in [0.05, 0.1) is 6.04 Å². The maximum Gasteiger partial charge on any atom is 0.315 e. The Kier molecular flexibility index (Phi) is 7.16. The third-order valence-corrected chi connectivity index (χ3v) is 6.49. The number of amides is 4. The molecule has 2 bridgehead atoms. The highest BCUT2D eigenvalue weighted by Crippen LogP contribution is 2.41. The van der Waals surface area contributed by atoms with E-state index >= 15 is 0 Å². The fourth-order valence-corrected chi connectivity index (χ4v) is 5.23. The second kappa shape index (κ2) is 9.84. The zero-order valence-corrected chi connectivity index (χ0v) is 18.0. The van der Waals surface area contributed by atoms with Gasteiger partial charge in [0, 0.05) is 50.8 Å². The standard InChI is InChI=1S/C20H27N5O4.CH2O2/c1-12(26)22-9-17-14-8-13(15-4-2-6-18(27)25(15)17)10-23(11-14)19(28)16-5-3-7-24(16)20(21)29;2-1-3/h2,4,6,13-14,16-17H,3,5,7-11H2,1H3,(H2,21,29)(H,22,26);1H,(H,2,3)/t13-,14+,16+,17+;/m1./s1. The van der Waals surface area contributed by atoms with Gasteiger partial charge in [-0.3, -0.25) is 19.2 Å². The van der Waals surface area contributed by atoms with E-state index in [1.165, 1.54) is 17.9 Å². The van der Waals surface area contributed by atoms with E-state index in [1.54, 1.807) is 10.6 Å². The number of likely N-dealkylation sites (tertiary alicyclic amines) is 2. The van der Waals surface area contributed by atoms with Crippen molar-refractivity contribution in [2.75, 3.05) is 26.2 Å². The average molecular weight is 447 g/mol. The summed E-state index contributed by atoms with van der Waals surface area (Å²) in [5.41, 5.74) is 6.28. The lowest BCUT2D eigenvalue weighted by Crippen LogP contribution is -2.56. The number of piperidine rings is 1. The molecule has 11 heteroatoms. The van der Waals surface area contributed by atoms with E-state index in [1.807, 2.05) is 11.0 Å². The summed E-state index contributed by atoms with van der Waals surface area (Å²) in [6.07, 6.45) is 2.25. The van der Waals surface area contributed by atoms with Crippen LogP contribution in [0, 0.1) is 5.92 Å². The van der Waals surface area contributed by atoms with E-state index in [4.69, 9.17) is 15.6 Å². The number of pyridine rings is 1. The van der Waals surface area contributed by atoms with Gasteiger partial charge < -0.3 is 30.5 Å². The largest absolute Gasteiger partial charge is 0.483 e. The number of hydrogen-bond acceptors (Lipinski definition) is 5. The molecule has 0 aromatic carbocycles. The van der Waals surface area contributed by atoms with Gasteiger partial charge in [0.2, 0.25) is 11.8 Å². The Balaban J connectivity index is 0.000000913. The molecule has 4 amide bonds. The number of nitrogens with two attached hydrogens (primary N) is 1. The number of aromatic nitrogens is 1. The summed E-state index contributed by atoms with van der Waals surface area (Å²) in [5, 5.41) is 9.73. The molecule has 0 unspecified atom stereocenters. The van der Waals surface area contributed by atoms with Crippen molar-refractivity contribution in [3.63, 3.8) is 0 Å². The molecule has 4 heterocycles. The van der Waals surface area contributed by atoms with Gasteiger partial charge in [-0.25, -0.2) is 4.79 Å². The first-order valence-electron chi connectivity index (χ1n) is 10.7. The fraction of sp³-hybridized carbons (Fsp3) is 0.571. The zero-order chi connectivity index (χ0) is 23.4. The summed E-state index contributed by atoms with van der Waals surface area (Å²) in [4.78, 5) is 60.7. The summed E-state index contributed by atoms with van der Waals surface area (Å²) in [6.45, 7) is 3.09. The van der Waals surface area contributed by atoms with Crippen LogP contribution in [0.4, 0.5) is 4.79 Å². The van der Waals surface area contributed by atoms with Crippen LogP contribution in [-0.4, -0.2) is 76.0 Å². The number of carboxylic acid groups (broad SMARTS) is 1. The molecule has 11 nitrogen and oxygen atoms in total. The number of rotatable bonds is 3. The van der Waals surface area contributed by atoms with Gasteiger partial charge in [-0.1, -0.05) is 6.07 Å². The molecule has 0 aliphatic carbocycles. The topological polar surface area (TPSA) is 155 Å². The molecule has 0 saturated carbocycles. The quantitative estimate of drug-likeness (QED) is 0.541. The predicted molar refractivity (Wildman–Crippen MR) is 114 cm³/mol. The van der Waals surface area contributed by atoms with Crippen molar-refractivity contribution >= 4 is 24.3 Å². The molecule has 4 atom stereocenters. The van der Waals surface area contributed by atoms with Crippen molar-refractivity contribution in [2.24, 2.45) is 11.7 Å². The summed E-state index contributed by atoms with van der Waals surface area (Å²) in [7, 11) is 0. The number of urea groups is 1. The van der Waals surface area contributed by atoms with E-state index < -0.39 is 12.1 Å². The number of hydrogen-bond donors (Lipinski definition) is 3. The van der Waals surface area contributed by atoms with Gasteiger partial charge >= 0.3 is 6.03 Å². The summed E-state index contributed by atoms with van der Waals surface area (Å²) in [6, 6.07) is 3.96. The first-order valence-corrected chi connectivity index (χ1v) is 10.7. The smallest absolute Gasteiger partial charge is 0.315 e. The lowest BCUT2D eigenvalue weighted by molar-refractivity contribution is -0.138. The second-order valence-corrected chi connectivity index (χ2v) is 8.39. The molecule has 0 spiro atoms. The van der Waals surface area contributed by atoms with Crippen LogP contribution < -0.4 is 16.6 Å². The van der Waals surface area contributed by atoms with Crippen molar-refractivity contribution in [3.8, 4) is 0 Å². The summed E-state index contributed by atoms with van der Waals surface area (Å²) < 4.78 is 1.79. The van der Waals surface area contributed by atoms with Crippen LogP contribution in [0.25, 0.3) is 0 Å². The molecular formula is C21H29N5O6. The lowest BCUT2D eigenvalue weighted by atomic mass is 9.78. The van der Waals surface area contributed by atoms with E-state index in [0.717, 1.165) is 18.5 Å². The number of fused-ring (bicyclic) bond motifs is 4. The average Bonchev–Trinajstić information content (AvgIpc) is 3.24. The van der Waals surface area contributed by atoms with E-state index in [-0.39, 0.29) is 41.7 Å². The Morgan fingerprint density at radius 1 is 1.28 bits per heavy atom. The molecule has 2 fully saturated rings. The Morgan fingerprint density at radius 3 is 2.66 bits per heavy atom. The van der Waals surface area contributed by atoms with E-state index in [2.05, 4.69) is 5.32 Å². The van der Waals surface area contributed by atoms with Crippen LogP contribution in [0.5, 0.6) is 0 Å². The molecule has 4 rings (SSSR count). The van der Waals surface area contributed by atoms with Crippen LogP contribution in [0.1, 0.15) is 43.8 Å². The van der Waals surface area contributed by atoms with Gasteiger partial charge in [0.1, 0.15) is 6.04 Å². The van der Waals surface area contributed by atoms with Crippen LogP contribution in [0.3, 0.4) is 0 Å². The molecule has 3 aliphatic heterocycles. The number of nitrogens with zero attached hydrogens (tertiary/aromatic N) is 3. The Morgan fingerprint density at radius 2 is 2.00 bits per heavy atom. The van der Waals surface area contributed by atoms with Gasteiger partial charge in [-0.05, 0) is 31.2 Å². The molecule has 3 aliphatic rings. The SMILES string of the molecule is CC(=O)NC[C@H]1[C@H]2C[C@H](CN(C(=O)[C@@H]3CCCN3C(N)=O)C2)c2cccc(=O)n21.O=CO. The summed E-state index contributed by atoms with van der Waals surface area (Å²) in [5.74, 6) is -0.102. The fourth-order valence-electron chi connectivity index (χ4n) is 5.23. The predicted octanol–water partition coefficient (Wildman–Crippen LogP) is -0.285. The molecule has 1 aromatic rings. The first-order chi connectivity index (χ1) is 15.3. The van der Waals surface area contributed by atoms with Crippen LogP contribution >= 0.6 is 0 Å². The Bertz CT molecular complexity index is 947. The third kappa shape index (κ3) is 4.61. The third-order valence-electron chi connectivity index (χ3n) is 6.49. The number of carbonyl (C=O) groups excluding carboxylic acids is 3. The number of primary amides is 1. The molecule has 1 aromatic heterocycles. The molecule has 32 heavy (non-hydrogen) atoms. The minimum absolute atomic E-state index is 0.0561. The van der Waals surface area contributed by atoms with Crippen molar-refractivity contribution in [2.45, 2.75) is 44.2 Å². The monoisotopic (exact) mass is 447 g/mol. The maximum absolute atomic E-state index is 13.2. The van der Waals surface area contributed by atoms with Gasteiger partial charge in [0.15, 0.2) is 0 Å². The molecule has 2 saturated heterocycles. The van der Waals surface area contributed by atoms with Crippen molar-refractivity contribution in [1.29, 1.82) is 0 Å². The number of carbonyl (C=O) groups is 4. The Hall–Kier alpha value is -3.37. The Labute approximate surface area is 185 Å². The first kappa shape index (κ1) is 23.3. The van der Waals surface area contributed by atoms with Crippen molar-refractivity contribution < 1.29 is 24.3 Å². The minimum atomic E-state index is -0.557. The molecule has 174 valence electrons. The number of nitrogens with one attached hydrogen (secondary N) is 1. The molecular weight excluding hydrogens is 418 g/mol. The zero-order valence-electron chi connectivity index (χ0n) is 18.0. The minimum Gasteiger partial charge on any atom is -0.483 e.